The molecule has 0 unspecified atom stereocenters. The van der Waals surface area contributed by atoms with Gasteiger partial charge in [-0.2, -0.15) is 13.2 Å². The van der Waals surface area contributed by atoms with E-state index in [-0.39, 0.29) is 11.9 Å². The number of carbonyl (C=O) groups is 1. The second-order valence-corrected chi connectivity index (χ2v) is 7.68. The highest BCUT2D eigenvalue weighted by Gasteiger charge is 2.50. The summed E-state index contributed by atoms with van der Waals surface area (Å²) in [6, 6.07) is 6.73. The number of halogens is 3. The normalized spacial score (nSPS) is 24.5. The zero-order valence-corrected chi connectivity index (χ0v) is 16.2. The molecule has 2 aliphatic heterocycles. The molecule has 1 spiro atoms. The minimum absolute atomic E-state index is 0.0930. The molecule has 2 fully saturated rings. The van der Waals surface area contributed by atoms with Gasteiger partial charge >= 0.3 is 6.18 Å². The van der Waals surface area contributed by atoms with Gasteiger partial charge in [0, 0.05) is 19.2 Å². The molecular weight excluding hydrogens is 383 g/mol. The Morgan fingerprint density at radius 2 is 1.97 bits per heavy atom. The third kappa shape index (κ3) is 3.46. The van der Waals surface area contributed by atoms with E-state index in [1.807, 2.05) is 6.07 Å². The number of pyridine rings is 1. The summed E-state index contributed by atoms with van der Waals surface area (Å²) in [5, 5.41) is 3.46. The fourth-order valence-electron chi connectivity index (χ4n) is 4.27. The van der Waals surface area contributed by atoms with Crippen molar-refractivity contribution in [2.75, 3.05) is 20.7 Å². The van der Waals surface area contributed by atoms with Crippen LogP contribution in [0.5, 0.6) is 5.75 Å². The summed E-state index contributed by atoms with van der Waals surface area (Å²) in [7, 11) is 3.31. The van der Waals surface area contributed by atoms with Gasteiger partial charge in [0.1, 0.15) is 11.3 Å². The number of alkyl halides is 3. The standard InChI is InChI=1S/C21H22F3N3O2/c1-27-10-9-20(19(27)28)8-7-16(26-20)17-11-15(18(29-2)12-25-17)13-3-5-14(6-4-13)21(22,23)24/h3-6,11-12,16,26H,7-10H2,1-2H3/t16-,20+/m0/s1. The molecule has 154 valence electrons. The lowest BCUT2D eigenvalue weighted by molar-refractivity contribution is -0.137. The predicted molar refractivity (Wildman–Crippen MR) is 101 cm³/mol. The van der Waals surface area contributed by atoms with E-state index < -0.39 is 17.3 Å². The lowest BCUT2D eigenvalue weighted by Crippen LogP contribution is -2.47. The van der Waals surface area contributed by atoms with Crippen molar-refractivity contribution in [3.05, 3.63) is 47.8 Å². The smallest absolute Gasteiger partial charge is 0.416 e. The van der Waals surface area contributed by atoms with Crippen molar-refractivity contribution in [2.24, 2.45) is 0 Å². The average molecular weight is 405 g/mol. The van der Waals surface area contributed by atoms with Crippen molar-refractivity contribution >= 4 is 5.91 Å². The molecule has 5 nitrogen and oxygen atoms in total. The SMILES string of the molecule is COc1cnc([C@@H]2CC[C@]3(CCN(C)C3=O)N2)cc1-c1ccc(C(F)(F)F)cc1. The number of amides is 1. The van der Waals surface area contributed by atoms with Gasteiger partial charge in [0.2, 0.25) is 5.91 Å². The van der Waals surface area contributed by atoms with Crippen LogP contribution >= 0.6 is 0 Å². The molecule has 2 aliphatic rings. The Bertz CT molecular complexity index is 930. The van der Waals surface area contributed by atoms with Crippen molar-refractivity contribution in [2.45, 2.75) is 37.0 Å². The molecule has 3 heterocycles. The second kappa shape index (κ2) is 7.02. The Labute approximate surface area is 166 Å². The molecule has 0 aliphatic carbocycles. The predicted octanol–water partition coefficient (Wildman–Crippen LogP) is 3.80. The number of nitrogens with one attached hydrogen (secondary N) is 1. The Balaban J connectivity index is 1.64. The highest BCUT2D eigenvalue weighted by Crippen LogP contribution is 2.40. The summed E-state index contributed by atoms with van der Waals surface area (Å²) >= 11 is 0. The van der Waals surface area contributed by atoms with Crippen LogP contribution in [0.4, 0.5) is 13.2 Å². The lowest BCUT2D eigenvalue weighted by Gasteiger charge is -2.23. The van der Waals surface area contributed by atoms with E-state index in [4.69, 9.17) is 4.74 Å². The maximum atomic E-state index is 12.9. The maximum Gasteiger partial charge on any atom is 0.416 e. The van der Waals surface area contributed by atoms with Crippen LogP contribution in [-0.4, -0.2) is 42.0 Å². The van der Waals surface area contributed by atoms with Gasteiger partial charge in [-0.05, 0) is 43.0 Å². The second-order valence-electron chi connectivity index (χ2n) is 7.68. The minimum Gasteiger partial charge on any atom is -0.494 e. The van der Waals surface area contributed by atoms with E-state index in [1.54, 1.807) is 18.1 Å². The zero-order valence-electron chi connectivity index (χ0n) is 16.2. The number of hydrogen-bond acceptors (Lipinski definition) is 4. The Hall–Kier alpha value is -2.61. The number of nitrogens with zero attached hydrogens (tertiary/aromatic N) is 2. The van der Waals surface area contributed by atoms with Crippen LogP contribution in [-0.2, 0) is 11.0 Å². The van der Waals surface area contributed by atoms with Crippen LogP contribution < -0.4 is 10.1 Å². The van der Waals surface area contributed by atoms with Crippen molar-refractivity contribution < 1.29 is 22.7 Å². The van der Waals surface area contributed by atoms with Gasteiger partial charge in [-0.3, -0.25) is 15.1 Å². The molecule has 29 heavy (non-hydrogen) atoms. The lowest BCUT2D eigenvalue weighted by atomic mass is 9.96. The Morgan fingerprint density at radius 3 is 2.55 bits per heavy atom. The van der Waals surface area contributed by atoms with Gasteiger partial charge in [-0.25, -0.2) is 0 Å². The van der Waals surface area contributed by atoms with Crippen LogP contribution in [0.15, 0.2) is 36.5 Å². The number of benzene rings is 1. The third-order valence-corrected chi connectivity index (χ3v) is 5.93. The Morgan fingerprint density at radius 1 is 1.24 bits per heavy atom. The molecule has 1 aromatic carbocycles. The number of ether oxygens (including phenoxy) is 1. The van der Waals surface area contributed by atoms with Gasteiger partial charge in [-0.1, -0.05) is 12.1 Å². The quantitative estimate of drug-likeness (QED) is 0.844. The number of likely N-dealkylation sites (N-methyl/N-ethyl adjacent to an activating group) is 1. The molecule has 0 bridgehead atoms. The maximum absolute atomic E-state index is 12.9. The number of methoxy groups -OCH3 is 1. The highest BCUT2D eigenvalue weighted by atomic mass is 19.4. The van der Waals surface area contributed by atoms with Crippen LogP contribution in [0, 0.1) is 0 Å². The first kappa shape index (κ1) is 19.7. The van der Waals surface area contributed by atoms with Gasteiger partial charge in [0.05, 0.1) is 30.6 Å². The fourth-order valence-corrected chi connectivity index (χ4v) is 4.27. The molecule has 1 amide bonds. The summed E-state index contributed by atoms with van der Waals surface area (Å²) in [4.78, 5) is 18.8. The van der Waals surface area contributed by atoms with Crippen LogP contribution in [0.3, 0.4) is 0 Å². The van der Waals surface area contributed by atoms with Crippen LogP contribution in [0.1, 0.15) is 36.6 Å². The third-order valence-electron chi connectivity index (χ3n) is 5.93. The summed E-state index contributed by atoms with van der Waals surface area (Å²) in [6.45, 7) is 0.728. The Kier molecular flexibility index (Phi) is 4.77. The average Bonchev–Trinajstić information content (AvgIpc) is 3.27. The fraction of sp³-hybridized carbons (Fsp3) is 0.429. The van der Waals surface area contributed by atoms with E-state index in [2.05, 4.69) is 10.3 Å². The first-order chi connectivity index (χ1) is 13.7. The summed E-state index contributed by atoms with van der Waals surface area (Å²) < 4.78 is 44.0. The number of carbonyl (C=O) groups excluding carboxylic acids is 1. The molecular formula is C21H22F3N3O2. The van der Waals surface area contributed by atoms with Crippen molar-refractivity contribution in [1.29, 1.82) is 0 Å². The highest BCUT2D eigenvalue weighted by molar-refractivity contribution is 5.88. The number of rotatable bonds is 3. The van der Waals surface area contributed by atoms with E-state index in [0.717, 1.165) is 43.6 Å². The largest absolute Gasteiger partial charge is 0.494 e. The molecule has 2 aromatic rings. The number of aromatic nitrogens is 1. The van der Waals surface area contributed by atoms with E-state index in [1.165, 1.54) is 19.2 Å². The molecule has 1 N–H and O–H groups in total. The van der Waals surface area contributed by atoms with Crippen molar-refractivity contribution in [1.82, 2.24) is 15.2 Å². The first-order valence-electron chi connectivity index (χ1n) is 9.48. The van der Waals surface area contributed by atoms with Gasteiger partial charge in [0.15, 0.2) is 0 Å². The minimum atomic E-state index is -4.38. The molecule has 8 heteroatoms. The zero-order chi connectivity index (χ0) is 20.8. The molecule has 4 rings (SSSR count). The van der Waals surface area contributed by atoms with E-state index >= 15 is 0 Å². The molecule has 2 saturated heterocycles. The molecule has 1 aromatic heterocycles. The van der Waals surface area contributed by atoms with Crippen LogP contribution in [0.2, 0.25) is 0 Å². The molecule has 2 atom stereocenters. The van der Waals surface area contributed by atoms with E-state index in [0.29, 0.717) is 16.9 Å². The number of hydrogen-bond donors (Lipinski definition) is 1. The van der Waals surface area contributed by atoms with Gasteiger partial charge in [0.25, 0.3) is 0 Å². The molecule has 0 radical (unpaired) electrons. The van der Waals surface area contributed by atoms with Gasteiger partial charge in [-0.15, -0.1) is 0 Å². The number of likely N-dealkylation sites (tertiary alicyclic amines) is 1. The summed E-state index contributed by atoms with van der Waals surface area (Å²) in [5.41, 5.74) is 0.805. The van der Waals surface area contributed by atoms with Crippen molar-refractivity contribution in [3.63, 3.8) is 0 Å². The summed E-state index contributed by atoms with van der Waals surface area (Å²) in [6.07, 6.45) is -0.525. The topological polar surface area (TPSA) is 54.5 Å². The first-order valence-corrected chi connectivity index (χ1v) is 9.48. The summed E-state index contributed by atoms with van der Waals surface area (Å²) in [5.74, 6) is 0.592. The van der Waals surface area contributed by atoms with Crippen LogP contribution in [0.25, 0.3) is 11.1 Å². The van der Waals surface area contributed by atoms with E-state index in [9.17, 15) is 18.0 Å². The van der Waals surface area contributed by atoms with Crippen molar-refractivity contribution in [3.8, 4) is 16.9 Å². The monoisotopic (exact) mass is 405 g/mol. The molecule has 0 saturated carbocycles. The van der Waals surface area contributed by atoms with Gasteiger partial charge < -0.3 is 9.64 Å².